The summed E-state index contributed by atoms with van der Waals surface area (Å²) in [6, 6.07) is 2.93. The number of carbonyl (C=O) groups excluding carboxylic acids is 2. The standard InChI is InChI=1S/C9H12N4O2.ClH/c1-11-8(14)6-4-3-5(10)7(13-6)9(15)12-2;/h3-4H,10H2,1-2H3,(H,11,14)(H,12,15);1H. The van der Waals surface area contributed by atoms with Gasteiger partial charge in [0, 0.05) is 14.1 Å². The summed E-state index contributed by atoms with van der Waals surface area (Å²) in [6.07, 6.45) is 0. The van der Waals surface area contributed by atoms with Gasteiger partial charge in [-0.1, -0.05) is 0 Å². The second-order valence-corrected chi connectivity index (χ2v) is 2.79. The second-order valence-electron chi connectivity index (χ2n) is 2.79. The molecule has 0 radical (unpaired) electrons. The van der Waals surface area contributed by atoms with Crippen LogP contribution in [0.15, 0.2) is 12.1 Å². The quantitative estimate of drug-likeness (QED) is 0.671. The lowest BCUT2D eigenvalue weighted by Crippen LogP contribution is -2.24. The second kappa shape index (κ2) is 5.92. The van der Waals surface area contributed by atoms with Crippen LogP contribution in [0.2, 0.25) is 0 Å². The van der Waals surface area contributed by atoms with E-state index in [0.29, 0.717) is 0 Å². The van der Waals surface area contributed by atoms with Crippen LogP contribution < -0.4 is 16.4 Å². The number of carbonyl (C=O) groups is 2. The highest BCUT2D eigenvalue weighted by Crippen LogP contribution is 2.09. The third-order valence-corrected chi connectivity index (χ3v) is 1.83. The lowest BCUT2D eigenvalue weighted by molar-refractivity contribution is 0.0954. The van der Waals surface area contributed by atoms with Gasteiger partial charge in [0.1, 0.15) is 5.69 Å². The van der Waals surface area contributed by atoms with Crippen molar-refractivity contribution in [2.75, 3.05) is 19.8 Å². The van der Waals surface area contributed by atoms with E-state index in [1.807, 2.05) is 0 Å². The van der Waals surface area contributed by atoms with Crippen LogP contribution in [0, 0.1) is 0 Å². The minimum atomic E-state index is -0.418. The largest absolute Gasteiger partial charge is 0.397 e. The van der Waals surface area contributed by atoms with E-state index in [1.165, 1.54) is 26.2 Å². The molecule has 0 aliphatic carbocycles. The van der Waals surface area contributed by atoms with Gasteiger partial charge in [0.2, 0.25) is 0 Å². The minimum Gasteiger partial charge on any atom is -0.397 e. The van der Waals surface area contributed by atoms with E-state index in [2.05, 4.69) is 15.6 Å². The van der Waals surface area contributed by atoms with Gasteiger partial charge in [-0.3, -0.25) is 9.59 Å². The zero-order chi connectivity index (χ0) is 11.4. The predicted molar refractivity (Wildman–Crippen MR) is 62.7 cm³/mol. The van der Waals surface area contributed by atoms with E-state index in [-0.39, 0.29) is 35.4 Å². The van der Waals surface area contributed by atoms with Crippen LogP contribution in [0.4, 0.5) is 5.69 Å². The van der Waals surface area contributed by atoms with Crippen molar-refractivity contribution in [3.05, 3.63) is 23.5 Å². The fourth-order valence-corrected chi connectivity index (χ4v) is 1.02. The molecule has 4 N–H and O–H groups in total. The van der Waals surface area contributed by atoms with Crippen molar-refractivity contribution in [3.8, 4) is 0 Å². The zero-order valence-electron chi connectivity index (χ0n) is 8.90. The van der Waals surface area contributed by atoms with Crippen LogP contribution in [-0.2, 0) is 0 Å². The Morgan fingerprint density at radius 3 is 2.25 bits per heavy atom. The summed E-state index contributed by atoms with van der Waals surface area (Å²) in [7, 11) is 2.95. The molecule has 0 fully saturated rings. The Hall–Kier alpha value is -1.82. The molecule has 2 amide bonds. The van der Waals surface area contributed by atoms with Crippen LogP contribution in [-0.4, -0.2) is 30.9 Å². The third-order valence-electron chi connectivity index (χ3n) is 1.83. The summed E-state index contributed by atoms with van der Waals surface area (Å²) in [4.78, 5) is 26.4. The fourth-order valence-electron chi connectivity index (χ4n) is 1.02. The fraction of sp³-hybridized carbons (Fsp3) is 0.222. The average Bonchev–Trinajstić information content (AvgIpc) is 2.27. The first kappa shape index (κ1) is 14.2. The maximum atomic E-state index is 11.3. The molecule has 88 valence electrons. The highest BCUT2D eigenvalue weighted by Gasteiger charge is 2.13. The van der Waals surface area contributed by atoms with Gasteiger partial charge in [-0.05, 0) is 12.1 Å². The number of anilines is 1. The number of halogens is 1. The summed E-state index contributed by atoms with van der Waals surface area (Å²) < 4.78 is 0. The summed E-state index contributed by atoms with van der Waals surface area (Å²) >= 11 is 0. The molecule has 0 spiro atoms. The molecule has 0 atom stereocenters. The molecule has 0 saturated carbocycles. The van der Waals surface area contributed by atoms with E-state index >= 15 is 0 Å². The number of nitrogen functional groups attached to an aromatic ring is 1. The maximum absolute atomic E-state index is 11.3. The Balaban J connectivity index is 0.00000225. The maximum Gasteiger partial charge on any atom is 0.271 e. The SMILES string of the molecule is CNC(=O)c1ccc(N)c(C(=O)NC)n1.Cl. The number of nitrogens with zero attached hydrogens (tertiary/aromatic N) is 1. The summed E-state index contributed by atoms with van der Waals surface area (Å²) in [5.41, 5.74) is 6.00. The molecule has 0 aliphatic heterocycles. The average molecular weight is 245 g/mol. The van der Waals surface area contributed by atoms with E-state index < -0.39 is 5.91 Å². The molecule has 7 heteroatoms. The highest BCUT2D eigenvalue weighted by molar-refractivity contribution is 5.99. The van der Waals surface area contributed by atoms with Crippen LogP contribution in [0.25, 0.3) is 0 Å². The van der Waals surface area contributed by atoms with Gasteiger partial charge < -0.3 is 16.4 Å². The van der Waals surface area contributed by atoms with Crippen LogP contribution in [0.5, 0.6) is 0 Å². The third kappa shape index (κ3) is 2.83. The first-order valence-corrected chi connectivity index (χ1v) is 4.30. The molecule has 1 rings (SSSR count). The Morgan fingerprint density at radius 1 is 1.19 bits per heavy atom. The summed E-state index contributed by atoms with van der Waals surface area (Å²) in [6.45, 7) is 0. The summed E-state index contributed by atoms with van der Waals surface area (Å²) in [5.74, 6) is -0.779. The lowest BCUT2D eigenvalue weighted by atomic mass is 10.2. The van der Waals surface area contributed by atoms with E-state index in [4.69, 9.17) is 5.73 Å². The smallest absolute Gasteiger partial charge is 0.271 e. The molecule has 0 unspecified atom stereocenters. The molecular weight excluding hydrogens is 232 g/mol. The Labute approximate surface area is 99.0 Å². The number of aromatic nitrogens is 1. The summed E-state index contributed by atoms with van der Waals surface area (Å²) in [5, 5.41) is 4.80. The molecule has 1 heterocycles. The number of pyridine rings is 1. The number of hydrogen-bond acceptors (Lipinski definition) is 4. The topological polar surface area (TPSA) is 97.1 Å². The van der Waals surface area contributed by atoms with Crippen LogP contribution in [0.1, 0.15) is 21.0 Å². The first-order chi connectivity index (χ1) is 7.10. The van der Waals surface area contributed by atoms with Gasteiger partial charge in [-0.15, -0.1) is 12.4 Å². The lowest BCUT2D eigenvalue weighted by Gasteiger charge is -2.05. The van der Waals surface area contributed by atoms with Gasteiger partial charge in [0.05, 0.1) is 5.69 Å². The molecular formula is C9H13ClN4O2. The van der Waals surface area contributed by atoms with Gasteiger partial charge in [-0.2, -0.15) is 0 Å². The zero-order valence-corrected chi connectivity index (χ0v) is 9.72. The molecule has 0 bridgehead atoms. The number of hydrogen-bond donors (Lipinski definition) is 3. The number of nitrogens with two attached hydrogens (primary N) is 1. The van der Waals surface area contributed by atoms with Crippen molar-refractivity contribution in [2.45, 2.75) is 0 Å². The van der Waals surface area contributed by atoms with Crippen molar-refractivity contribution in [2.24, 2.45) is 0 Å². The van der Waals surface area contributed by atoms with Gasteiger partial charge in [0.25, 0.3) is 11.8 Å². The van der Waals surface area contributed by atoms with E-state index in [1.54, 1.807) is 0 Å². The van der Waals surface area contributed by atoms with Gasteiger partial charge in [0.15, 0.2) is 5.69 Å². The Kier molecular flexibility index (Phi) is 5.24. The highest BCUT2D eigenvalue weighted by atomic mass is 35.5. The van der Waals surface area contributed by atoms with Crippen molar-refractivity contribution in [3.63, 3.8) is 0 Å². The van der Waals surface area contributed by atoms with Crippen molar-refractivity contribution >= 4 is 29.9 Å². The number of nitrogens with one attached hydrogen (secondary N) is 2. The van der Waals surface area contributed by atoms with Gasteiger partial charge in [-0.25, -0.2) is 4.98 Å². The molecule has 0 aliphatic rings. The number of amides is 2. The van der Waals surface area contributed by atoms with Crippen LogP contribution in [0.3, 0.4) is 0 Å². The number of rotatable bonds is 2. The molecule has 0 aromatic carbocycles. The first-order valence-electron chi connectivity index (χ1n) is 4.30. The predicted octanol–water partition coefficient (Wildman–Crippen LogP) is -0.195. The molecule has 6 nitrogen and oxygen atoms in total. The van der Waals surface area contributed by atoms with Crippen LogP contribution >= 0.6 is 12.4 Å². The molecule has 1 aromatic heterocycles. The van der Waals surface area contributed by atoms with Crippen molar-refractivity contribution in [1.29, 1.82) is 0 Å². The Bertz CT molecular complexity index is 408. The molecule has 0 saturated heterocycles. The Morgan fingerprint density at radius 2 is 1.75 bits per heavy atom. The molecule has 1 aromatic rings. The minimum absolute atomic E-state index is 0. The van der Waals surface area contributed by atoms with Gasteiger partial charge >= 0.3 is 0 Å². The van der Waals surface area contributed by atoms with E-state index in [0.717, 1.165) is 0 Å². The molecule has 16 heavy (non-hydrogen) atoms. The van der Waals surface area contributed by atoms with E-state index in [9.17, 15) is 9.59 Å². The van der Waals surface area contributed by atoms with Crippen molar-refractivity contribution < 1.29 is 9.59 Å². The normalized spacial score (nSPS) is 8.88. The monoisotopic (exact) mass is 244 g/mol. The van der Waals surface area contributed by atoms with Crippen molar-refractivity contribution in [1.82, 2.24) is 15.6 Å².